The molecule has 9 heteroatoms. The van der Waals surface area contributed by atoms with Crippen molar-refractivity contribution >= 4 is 21.1 Å². The Bertz CT molecular complexity index is 1050. The van der Waals surface area contributed by atoms with Gasteiger partial charge in [-0.3, -0.25) is 0 Å². The number of piperidine rings is 1. The van der Waals surface area contributed by atoms with Gasteiger partial charge in [0.25, 0.3) is 0 Å². The summed E-state index contributed by atoms with van der Waals surface area (Å²) in [5, 5.41) is 8.03. The largest absolute Gasteiger partial charge is 0.493 e. The van der Waals surface area contributed by atoms with Gasteiger partial charge in [0.2, 0.25) is 10.0 Å². The zero-order valence-electron chi connectivity index (χ0n) is 16.1. The van der Waals surface area contributed by atoms with Crippen molar-refractivity contribution in [3.63, 3.8) is 0 Å². The Morgan fingerprint density at radius 1 is 0.966 bits per heavy atom. The van der Waals surface area contributed by atoms with Gasteiger partial charge in [-0.1, -0.05) is 29.5 Å². The molecular weight excluding hydrogens is 392 g/mol. The molecule has 1 aromatic heterocycles. The first-order valence-electron chi connectivity index (χ1n) is 9.81. The monoisotopic (exact) mass is 416 g/mol. The van der Waals surface area contributed by atoms with Crippen LogP contribution in [-0.4, -0.2) is 54.2 Å². The third kappa shape index (κ3) is 4.51. The standard InChI is InChI=1S/C20H24N4O4S/c25-29(26,23-12-5-2-6-13-23)18-10-11-19-20(16-18)24(22-21-19)28-15-7-14-27-17-8-3-1-4-9-17/h1,3-4,8-11,16H,2,5-7,12-15H2. The van der Waals surface area contributed by atoms with E-state index in [0.29, 0.717) is 43.8 Å². The van der Waals surface area contributed by atoms with E-state index in [9.17, 15) is 8.42 Å². The number of hydrogen-bond donors (Lipinski definition) is 0. The van der Waals surface area contributed by atoms with E-state index in [1.807, 2.05) is 30.3 Å². The number of rotatable bonds is 8. The summed E-state index contributed by atoms with van der Waals surface area (Å²) in [7, 11) is -3.52. The molecule has 0 spiro atoms. The molecule has 0 aliphatic carbocycles. The first-order chi connectivity index (χ1) is 14.1. The van der Waals surface area contributed by atoms with E-state index < -0.39 is 10.0 Å². The summed E-state index contributed by atoms with van der Waals surface area (Å²) in [6.07, 6.45) is 3.52. The molecule has 1 saturated heterocycles. The van der Waals surface area contributed by atoms with Crippen LogP contribution in [0.1, 0.15) is 25.7 Å². The highest BCUT2D eigenvalue weighted by Crippen LogP contribution is 2.23. The van der Waals surface area contributed by atoms with Crippen molar-refractivity contribution in [3.8, 4) is 5.75 Å². The second kappa shape index (κ2) is 8.79. The molecule has 2 heterocycles. The van der Waals surface area contributed by atoms with Crippen molar-refractivity contribution < 1.29 is 18.0 Å². The fourth-order valence-corrected chi connectivity index (χ4v) is 4.84. The van der Waals surface area contributed by atoms with Crippen molar-refractivity contribution in [1.29, 1.82) is 0 Å². The van der Waals surface area contributed by atoms with Crippen LogP contribution in [0, 0.1) is 0 Å². The van der Waals surface area contributed by atoms with E-state index in [4.69, 9.17) is 9.57 Å². The number of nitrogens with zero attached hydrogens (tertiary/aromatic N) is 4. The van der Waals surface area contributed by atoms with E-state index in [2.05, 4.69) is 10.3 Å². The number of para-hydroxylation sites is 1. The van der Waals surface area contributed by atoms with E-state index >= 15 is 0 Å². The average molecular weight is 417 g/mol. The van der Waals surface area contributed by atoms with Crippen LogP contribution >= 0.6 is 0 Å². The topological polar surface area (TPSA) is 86.5 Å². The van der Waals surface area contributed by atoms with Crippen LogP contribution in [0.15, 0.2) is 53.4 Å². The summed E-state index contributed by atoms with van der Waals surface area (Å²) in [4.78, 5) is 7.19. The molecular formula is C20H24N4O4S. The van der Waals surface area contributed by atoms with Gasteiger partial charge in [-0.25, -0.2) is 8.42 Å². The molecule has 1 fully saturated rings. The van der Waals surface area contributed by atoms with Crippen molar-refractivity contribution in [1.82, 2.24) is 19.5 Å². The van der Waals surface area contributed by atoms with Gasteiger partial charge >= 0.3 is 0 Å². The maximum atomic E-state index is 12.9. The molecule has 1 aliphatic rings. The minimum atomic E-state index is -3.52. The van der Waals surface area contributed by atoms with E-state index in [1.54, 1.807) is 22.5 Å². The Kier molecular flexibility index (Phi) is 5.96. The summed E-state index contributed by atoms with van der Waals surface area (Å²) in [5.41, 5.74) is 1.12. The molecule has 0 amide bonds. The molecule has 29 heavy (non-hydrogen) atoms. The number of benzene rings is 2. The molecule has 0 saturated carbocycles. The first-order valence-corrected chi connectivity index (χ1v) is 11.3. The van der Waals surface area contributed by atoms with Gasteiger partial charge in [-0.15, -0.1) is 5.10 Å². The van der Waals surface area contributed by atoms with Crippen LogP contribution in [0.2, 0.25) is 0 Å². The number of aromatic nitrogens is 3. The summed E-state index contributed by atoms with van der Waals surface area (Å²) in [5.74, 6) is 0.811. The number of sulfonamides is 1. The quantitative estimate of drug-likeness (QED) is 0.525. The van der Waals surface area contributed by atoms with E-state index in [1.165, 1.54) is 4.85 Å². The molecule has 0 N–H and O–H groups in total. The smallest absolute Gasteiger partial charge is 0.243 e. The molecule has 3 aromatic rings. The lowest BCUT2D eigenvalue weighted by Gasteiger charge is -2.25. The molecule has 8 nitrogen and oxygen atoms in total. The van der Waals surface area contributed by atoms with Gasteiger partial charge in [-0.2, -0.15) is 4.31 Å². The van der Waals surface area contributed by atoms with Gasteiger partial charge in [-0.05, 0) is 48.4 Å². The number of ether oxygens (including phenoxy) is 1. The van der Waals surface area contributed by atoms with Crippen molar-refractivity contribution in [2.75, 3.05) is 26.3 Å². The Balaban J connectivity index is 1.40. The summed E-state index contributed by atoms with van der Waals surface area (Å²) < 4.78 is 33.0. The van der Waals surface area contributed by atoms with Crippen molar-refractivity contribution in [2.24, 2.45) is 0 Å². The van der Waals surface area contributed by atoms with E-state index in [-0.39, 0.29) is 4.90 Å². The average Bonchev–Trinajstić information content (AvgIpc) is 3.17. The maximum absolute atomic E-state index is 12.9. The highest BCUT2D eigenvalue weighted by atomic mass is 32.2. The highest BCUT2D eigenvalue weighted by Gasteiger charge is 2.26. The molecule has 0 bridgehead atoms. The Hall–Kier alpha value is -2.65. The van der Waals surface area contributed by atoms with Crippen LogP contribution in [0.5, 0.6) is 5.75 Å². The summed E-state index contributed by atoms with van der Waals surface area (Å²) in [6, 6.07) is 14.4. The second-order valence-electron chi connectivity index (χ2n) is 6.93. The predicted octanol–water partition coefficient (Wildman–Crippen LogP) is 2.50. The van der Waals surface area contributed by atoms with Crippen LogP contribution < -0.4 is 9.57 Å². The molecule has 0 radical (unpaired) electrons. The third-order valence-electron chi connectivity index (χ3n) is 4.85. The molecule has 1 aliphatic heterocycles. The van der Waals surface area contributed by atoms with Gasteiger partial charge < -0.3 is 9.57 Å². The third-order valence-corrected chi connectivity index (χ3v) is 6.75. The van der Waals surface area contributed by atoms with Crippen LogP contribution in [-0.2, 0) is 10.0 Å². The molecule has 2 aromatic carbocycles. The summed E-state index contributed by atoms with van der Waals surface area (Å²) in [6.45, 7) is 2.01. The lowest BCUT2D eigenvalue weighted by molar-refractivity contribution is 0.0779. The van der Waals surface area contributed by atoms with E-state index in [0.717, 1.165) is 25.0 Å². The maximum Gasteiger partial charge on any atom is 0.243 e. The number of fused-ring (bicyclic) bond motifs is 1. The Morgan fingerprint density at radius 2 is 1.76 bits per heavy atom. The van der Waals surface area contributed by atoms with Crippen LogP contribution in [0.4, 0.5) is 0 Å². The highest BCUT2D eigenvalue weighted by molar-refractivity contribution is 7.89. The Morgan fingerprint density at radius 3 is 2.55 bits per heavy atom. The molecule has 154 valence electrons. The fraction of sp³-hybridized carbons (Fsp3) is 0.400. The second-order valence-corrected chi connectivity index (χ2v) is 8.86. The van der Waals surface area contributed by atoms with Crippen LogP contribution in [0.3, 0.4) is 0 Å². The van der Waals surface area contributed by atoms with Gasteiger partial charge in [0.05, 0.1) is 11.5 Å². The predicted molar refractivity (Wildman–Crippen MR) is 108 cm³/mol. The van der Waals surface area contributed by atoms with Crippen molar-refractivity contribution in [2.45, 2.75) is 30.6 Å². The fourth-order valence-electron chi connectivity index (χ4n) is 3.30. The lowest BCUT2D eigenvalue weighted by Crippen LogP contribution is -2.35. The van der Waals surface area contributed by atoms with Gasteiger partial charge in [0.1, 0.15) is 23.4 Å². The number of hydrogen-bond acceptors (Lipinski definition) is 6. The molecule has 0 atom stereocenters. The van der Waals surface area contributed by atoms with Crippen molar-refractivity contribution in [3.05, 3.63) is 48.5 Å². The first kappa shape index (κ1) is 19.7. The zero-order chi connectivity index (χ0) is 20.1. The molecule has 0 unspecified atom stereocenters. The summed E-state index contributed by atoms with van der Waals surface area (Å²) >= 11 is 0. The normalized spacial score (nSPS) is 15.4. The minimum Gasteiger partial charge on any atom is -0.493 e. The minimum absolute atomic E-state index is 0.242. The van der Waals surface area contributed by atoms with Gasteiger partial charge in [0.15, 0.2) is 0 Å². The SMILES string of the molecule is O=S(=O)(c1ccc2nnn(OCCCOc3ccccc3)c2c1)N1CCCCC1. The lowest BCUT2D eigenvalue weighted by atomic mass is 10.2. The zero-order valence-corrected chi connectivity index (χ0v) is 16.9. The van der Waals surface area contributed by atoms with Gasteiger partial charge in [0, 0.05) is 19.5 Å². The van der Waals surface area contributed by atoms with Crippen LogP contribution in [0.25, 0.3) is 11.0 Å². The Labute approximate surface area is 170 Å². The molecule has 4 rings (SSSR count).